The Morgan fingerprint density at radius 3 is 2.34 bits per heavy atom. The molecule has 170 valence electrons. The van der Waals surface area contributed by atoms with Gasteiger partial charge < -0.3 is 31.6 Å². The maximum absolute atomic E-state index is 13.0. The summed E-state index contributed by atoms with van der Waals surface area (Å²) in [5.74, 6) is 2.04. The quantitative estimate of drug-likeness (QED) is 0.583. The van der Waals surface area contributed by atoms with Crippen molar-refractivity contribution in [1.82, 2.24) is 14.9 Å². The summed E-state index contributed by atoms with van der Waals surface area (Å²) in [6.45, 7) is 5.18. The fraction of sp³-hybridized carbons (Fsp3) is 0.348. The lowest BCUT2D eigenvalue weighted by atomic mass is 9.83. The van der Waals surface area contributed by atoms with Gasteiger partial charge in [0, 0.05) is 30.8 Å². The molecule has 0 aromatic carbocycles. The molecule has 2 atom stereocenters. The Labute approximate surface area is 187 Å². The standard InChI is InChI=1S/C23H30N6O3/c1-14(10-20(24)25)22(26)18-8-9-29(13-15(18)2)23(30)19-6-4-16(11-27-19)32-17-5-7-21(31-3)28-12-17/h4-7,10-12,15,18H,8-9,13,24-26H2,1-3H3/b22-14-. The second kappa shape index (κ2) is 10.0. The predicted octanol–water partition coefficient (Wildman–Crippen LogP) is 2.37. The number of ether oxygens (including phenoxy) is 2. The first-order valence-corrected chi connectivity index (χ1v) is 10.4. The van der Waals surface area contributed by atoms with Crippen LogP contribution in [-0.4, -0.2) is 41.0 Å². The number of nitrogens with two attached hydrogens (primary N) is 3. The third-order valence-electron chi connectivity index (χ3n) is 5.54. The predicted molar refractivity (Wildman–Crippen MR) is 122 cm³/mol. The van der Waals surface area contributed by atoms with E-state index in [1.165, 1.54) is 6.20 Å². The smallest absolute Gasteiger partial charge is 0.272 e. The van der Waals surface area contributed by atoms with Gasteiger partial charge in [-0.05, 0) is 49.1 Å². The largest absolute Gasteiger partial charge is 0.481 e. The van der Waals surface area contributed by atoms with Crippen molar-refractivity contribution in [1.29, 1.82) is 0 Å². The molecule has 2 unspecified atom stereocenters. The first-order chi connectivity index (χ1) is 15.3. The molecule has 0 bridgehead atoms. The SMILES string of the molecule is COc1ccc(Oc2ccc(C(=O)N3CCC(/C(N)=C(\C)C=C(N)N)C(C)C3)nc2)cn1. The van der Waals surface area contributed by atoms with Crippen molar-refractivity contribution in [2.75, 3.05) is 20.2 Å². The van der Waals surface area contributed by atoms with Crippen LogP contribution in [0.2, 0.25) is 0 Å². The molecule has 32 heavy (non-hydrogen) atoms. The number of rotatable bonds is 6. The third-order valence-corrected chi connectivity index (χ3v) is 5.54. The van der Waals surface area contributed by atoms with Gasteiger partial charge in [0.2, 0.25) is 5.88 Å². The van der Waals surface area contributed by atoms with Crippen molar-refractivity contribution in [3.05, 3.63) is 65.5 Å². The van der Waals surface area contributed by atoms with Crippen molar-refractivity contribution >= 4 is 5.91 Å². The average Bonchev–Trinajstić information content (AvgIpc) is 2.78. The van der Waals surface area contributed by atoms with E-state index in [1.807, 2.05) is 11.8 Å². The van der Waals surface area contributed by atoms with Gasteiger partial charge >= 0.3 is 0 Å². The molecule has 2 aromatic heterocycles. The molecule has 3 rings (SSSR count). The molecule has 0 saturated carbocycles. The van der Waals surface area contributed by atoms with E-state index in [2.05, 4.69) is 16.9 Å². The Balaban J connectivity index is 1.62. The van der Waals surface area contributed by atoms with E-state index in [0.29, 0.717) is 36.2 Å². The summed E-state index contributed by atoms with van der Waals surface area (Å²) in [7, 11) is 1.55. The summed E-state index contributed by atoms with van der Waals surface area (Å²) in [5, 5.41) is 0. The monoisotopic (exact) mass is 438 g/mol. The number of pyridine rings is 2. The zero-order valence-electron chi connectivity index (χ0n) is 18.6. The normalized spacial score (nSPS) is 19.0. The summed E-state index contributed by atoms with van der Waals surface area (Å²) >= 11 is 0. The van der Waals surface area contributed by atoms with Gasteiger partial charge in [0.15, 0.2) is 0 Å². The van der Waals surface area contributed by atoms with Crippen molar-refractivity contribution in [3.63, 3.8) is 0 Å². The molecule has 0 radical (unpaired) electrons. The van der Waals surface area contributed by atoms with Gasteiger partial charge in [-0.25, -0.2) is 9.97 Å². The summed E-state index contributed by atoms with van der Waals surface area (Å²) in [6, 6.07) is 6.83. The van der Waals surface area contributed by atoms with Crippen LogP contribution >= 0.6 is 0 Å². The first kappa shape index (κ1) is 22.9. The van der Waals surface area contributed by atoms with Gasteiger partial charge in [-0.2, -0.15) is 0 Å². The van der Waals surface area contributed by atoms with Crippen molar-refractivity contribution < 1.29 is 14.3 Å². The minimum absolute atomic E-state index is 0.113. The number of amides is 1. The molecule has 3 heterocycles. The Morgan fingerprint density at radius 2 is 1.81 bits per heavy atom. The van der Waals surface area contributed by atoms with Crippen molar-refractivity contribution in [2.24, 2.45) is 29.0 Å². The van der Waals surface area contributed by atoms with Crippen LogP contribution in [0.4, 0.5) is 0 Å². The Bertz CT molecular complexity index is 997. The zero-order valence-corrected chi connectivity index (χ0v) is 18.6. The number of piperidine rings is 1. The van der Waals surface area contributed by atoms with Crippen LogP contribution in [0.25, 0.3) is 0 Å². The highest BCUT2D eigenvalue weighted by molar-refractivity contribution is 5.92. The lowest BCUT2D eigenvalue weighted by Gasteiger charge is -2.37. The minimum Gasteiger partial charge on any atom is -0.481 e. The lowest BCUT2D eigenvalue weighted by Crippen LogP contribution is -2.44. The molecule has 0 spiro atoms. The maximum Gasteiger partial charge on any atom is 0.272 e. The van der Waals surface area contributed by atoms with Crippen LogP contribution < -0.4 is 26.7 Å². The fourth-order valence-electron chi connectivity index (χ4n) is 3.83. The summed E-state index contributed by atoms with van der Waals surface area (Å²) in [4.78, 5) is 23.2. The van der Waals surface area contributed by atoms with Gasteiger partial charge in [-0.1, -0.05) is 6.92 Å². The Hall–Kier alpha value is -3.75. The number of aromatic nitrogens is 2. The van der Waals surface area contributed by atoms with E-state index >= 15 is 0 Å². The van der Waals surface area contributed by atoms with E-state index < -0.39 is 0 Å². The van der Waals surface area contributed by atoms with Crippen molar-refractivity contribution in [2.45, 2.75) is 20.3 Å². The summed E-state index contributed by atoms with van der Waals surface area (Å²) in [5.41, 5.74) is 19.5. The number of allylic oxidation sites excluding steroid dienone is 3. The second-order valence-corrected chi connectivity index (χ2v) is 7.92. The van der Waals surface area contributed by atoms with Crippen LogP contribution in [0, 0.1) is 11.8 Å². The zero-order chi connectivity index (χ0) is 23.3. The van der Waals surface area contributed by atoms with Gasteiger partial charge in [-0.3, -0.25) is 4.79 Å². The molecule has 2 aromatic rings. The van der Waals surface area contributed by atoms with E-state index in [1.54, 1.807) is 43.6 Å². The molecule has 9 heteroatoms. The number of carbonyl (C=O) groups excluding carboxylic acids is 1. The van der Waals surface area contributed by atoms with Crippen molar-refractivity contribution in [3.8, 4) is 17.4 Å². The second-order valence-electron chi connectivity index (χ2n) is 7.92. The van der Waals surface area contributed by atoms with Gasteiger partial charge in [0.1, 0.15) is 17.2 Å². The molecule has 1 fully saturated rings. The molecular weight excluding hydrogens is 408 g/mol. The highest BCUT2D eigenvalue weighted by Gasteiger charge is 2.31. The first-order valence-electron chi connectivity index (χ1n) is 10.4. The molecule has 9 nitrogen and oxygen atoms in total. The third kappa shape index (κ3) is 5.48. The lowest BCUT2D eigenvalue weighted by molar-refractivity contribution is 0.0631. The van der Waals surface area contributed by atoms with Crippen LogP contribution in [0.1, 0.15) is 30.8 Å². The molecule has 1 saturated heterocycles. The molecule has 1 aliphatic heterocycles. The maximum atomic E-state index is 13.0. The van der Waals surface area contributed by atoms with E-state index in [-0.39, 0.29) is 23.6 Å². The highest BCUT2D eigenvalue weighted by Crippen LogP contribution is 2.30. The summed E-state index contributed by atoms with van der Waals surface area (Å²) < 4.78 is 10.7. The molecule has 6 N–H and O–H groups in total. The van der Waals surface area contributed by atoms with Gasteiger partial charge in [0.25, 0.3) is 5.91 Å². The Morgan fingerprint density at radius 1 is 1.12 bits per heavy atom. The number of hydrogen-bond acceptors (Lipinski definition) is 8. The van der Waals surface area contributed by atoms with Crippen LogP contribution in [0.15, 0.2) is 59.8 Å². The molecular formula is C23H30N6O3. The van der Waals surface area contributed by atoms with Crippen LogP contribution in [0.5, 0.6) is 17.4 Å². The Kier molecular flexibility index (Phi) is 7.19. The van der Waals surface area contributed by atoms with E-state index in [4.69, 9.17) is 26.7 Å². The average molecular weight is 439 g/mol. The molecule has 1 amide bonds. The number of nitrogens with zero attached hydrogens (tertiary/aromatic N) is 3. The minimum atomic E-state index is -0.113. The molecule has 1 aliphatic rings. The number of carbonyl (C=O) groups is 1. The number of hydrogen-bond donors (Lipinski definition) is 3. The fourth-order valence-corrected chi connectivity index (χ4v) is 3.83. The number of likely N-dealkylation sites (tertiary alicyclic amines) is 1. The van der Waals surface area contributed by atoms with Crippen LogP contribution in [-0.2, 0) is 0 Å². The number of methoxy groups -OCH3 is 1. The highest BCUT2D eigenvalue weighted by atomic mass is 16.5. The van der Waals surface area contributed by atoms with E-state index in [9.17, 15) is 4.79 Å². The van der Waals surface area contributed by atoms with Gasteiger partial charge in [0.05, 0.1) is 25.3 Å². The summed E-state index contributed by atoms with van der Waals surface area (Å²) in [6.07, 6.45) is 5.53. The van der Waals surface area contributed by atoms with Gasteiger partial charge in [-0.15, -0.1) is 0 Å². The topological polar surface area (TPSA) is 143 Å². The van der Waals surface area contributed by atoms with E-state index in [0.717, 1.165) is 17.7 Å². The molecule has 0 aliphatic carbocycles. The van der Waals surface area contributed by atoms with Crippen LogP contribution in [0.3, 0.4) is 0 Å².